The standard InChI is InChI=1S/C26H33FN4O2S/c1-3-19-20-9-14-31(26(32)28-4-2)16-24(20)34-23(19)10-13-30-11-7-17(8-12-30)25-21-6-5-18(27)15-22(21)33-29-25/h5-6,15,17H,3-4,7-14,16H2,1-2H3,(H,28,32). The minimum Gasteiger partial charge on any atom is -0.356 e. The van der Waals surface area contributed by atoms with E-state index in [2.05, 4.69) is 22.3 Å². The Morgan fingerprint density at radius 3 is 2.85 bits per heavy atom. The van der Waals surface area contributed by atoms with E-state index in [0.717, 1.165) is 75.9 Å². The Morgan fingerprint density at radius 2 is 2.09 bits per heavy atom. The molecule has 34 heavy (non-hydrogen) atoms. The third kappa shape index (κ3) is 4.58. The fourth-order valence-corrected chi connectivity index (χ4v) is 6.94. The Morgan fingerprint density at radius 1 is 1.26 bits per heavy atom. The lowest BCUT2D eigenvalue weighted by Crippen LogP contribution is -2.42. The molecule has 2 amide bonds. The third-order valence-corrected chi connectivity index (χ3v) is 8.63. The number of likely N-dealkylation sites (tertiary alicyclic amines) is 1. The topological polar surface area (TPSA) is 61.6 Å². The average Bonchev–Trinajstić information content (AvgIpc) is 3.43. The fraction of sp³-hybridized carbons (Fsp3) is 0.538. The molecule has 0 spiro atoms. The molecule has 0 atom stereocenters. The molecule has 3 aromatic rings. The molecule has 0 bridgehead atoms. The van der Waals surface area contributed by atoms with Gasteiger partial charge in [-0.15, -0.1) is 11.3 Å². The molecule has 4 heterocycles. The summed E-state index contributed by atoms with van der Waals surface area (Å²) < 4.78 is 18.9. The van der Waals surface area contributed by atoms with E-state index in [9.17, 15) is 9.18 Å². The molecule has 5 rings (SSSR count). The quantitative estimate of drug-likeness (QED) is 0.529. The van der Waals surface area contributed by atoms with Crippen LogP contribution in [0.1, 0.15) is 59.2 Å². The SMILES string of the molecule is CCNC(=O)N1CCc2c(sc(CCN3CCC(c4noc5cc(F)ccc45)CC3)c2CC)C1. The molecule has 2 aliphatic heterocycles. The van der Waals surface area contributed by atoms with Crippen molar-refractivity contribution in [3.05, 3.63) is 50.6 Å². The molecule has 0 aliphatic carbocycles. The van der Waals surface area contributed by atoms with Crippen LogP contribution in [0.4, 0.5) is 9.18 Å². The highest BCUT2D eigenvalue weighted by atomic mass is 32.1. The van der Waals surface area contributed by atoms with Gasteiger partial charge in [-0.1, -0.05) is 12.1 Å². The molecular formula is C26H33FN4O2S. The van der Waals surface area contributed by atoms with Gasteiger partial charge < -0.3 is 19.6 Å². The first-order chi connectivity index (χ1) is 16.6. The molecule has 0 saturated carbocycles. The van der Waals surface area contributed by atoms with E-state index in [1.54, 1.807) is 6.07 Å². The van der Waals surface area contributed by atoms with Crippen LogP contribution in [0.3, 0.4) is 0 Å². The predicted molar refractivity (Wildman–Crippen MR) is 133 cm³/mol. The molecule has 1 N–H and O–H groups in total. The number of halogens is 1. The van der Waals surface area contributed by atoms with E-state index >= 15 is 0 Å². The average molecular weight is 485 g/mol. The lowest BCUT2D eigenvalue weighted by molar-refractivity contribution is 0.193. The third-order valence-electron chi connectivity index (χ3n) is 7.31. The maximum Gasteiger partial charge on any atom is 0.317 e. The molecule has 1 aromatic carbocycles. The monoisotopic (exact) mass is 484 g/mol. The second kappa shape index (κ2) is 10.0. The van der Waals surface area contributed by atoms with Crippen LogP contribution in [0.2, 0.25) is 0 Å². The van der Waals surface area contributed by atoms with Gasteiger partial charge in [-0.2, -0.15) is 0 Å². The van der Waals surface area contributed by atoms with Crippen molar-refractivity contribution >= 4 is 28.3 Å². The number of carbonyl (C=O) groups is 1. The molecule has 6 nitrogen and oxygen atoms in total. The minimum atomic E-state index is -0.288. The van der Waals surface area contributed by atoms with E-state index < -0.39 is 0 Å². The van der Waals surface area contributed by atoms with Crippen molar-refractivity contribution in [2.45, 2.75) is 58.4 Å². The first-order valence-electron chi connectivity index (χ1n) is 12.5. The number of thiophene rings is 1. The first-order valence-corrected chi connectivity index (χ1v) is 13.3. The number of aromatic nitrogens is 1. The highest BCUT2D eigenvalue weighted by Crippen LogP contribution is 2.35. The maximum absolute atomic E-state index is 13.5. The highest BCUT2D eigenvalue weighted by Gasteiger charge is 2.28. The van der Waals surface area contributed by atoms with E-state index in [-0.39, 0.29) is 11.8 Å². The molecule has 2 aromatic heterocycles. The zero-order valence-electron chi connectivity index (χ0n) is 20.0. The molecular weight excluding hydrogens is 451 g/mol. The van der Waals surface area contributed by atoms with Crippen molar-refractivity contribution in [3.8, 4) is 0 Å². The lowest BCUT2D eigenvalue weighted by Gasteiger charge is -2.31. The smallest absolute Gasteiger partial charge is 0.317 e. The van der Waals surface area contributed by atoms with E-state index in [1.165, 1.54) is 33.0 Å². The second-order valence-corrected chi connectivity index (χ2v) is 10.5. The number of rotatable bonds is 6. The summed E-state index contributed by atoms with van der Waals surface area (Å²) in [4.78, 5) is 19.7. The fourth-order valence-electron chi connectivity index (χ4n) is 5.49. The van der Waals surface area contributed by atoms with Gasteiger partial charge in [-0.25, -0.2) is 9.18 Å². The van der Waals surface area contributed by atoms with Crippen LogP contribution in [0.25, 0.3) is 11.0 Å². The largest absolute Gasteiger partial charge is 0.356 e. The van der Waals surface area contributed by atoms with Gasteiger partial charge in [0.1, 0.15) is 5.82 Å². The summed E-state index contributed by atoms with van der Waals surface area (Å²) in [5.41, 5.74) is 4.53. The number of nitrogens with one attached hydrogen (secondary N) is 1. The van der Waals surface area contributed by atoms with Crippen molar-refractivity contribution in [1.29, 1.82) is 0 Å². The summed E-state index contributed by atoms with van der Waals surface area (Å²) in [6.45, 7) is 9.56. The summed E-state index contributed by atoms with van der Waals surface area (Å²) in [5, 5.41) is 8.15. The number of hydrogen-bond donors (Lipinski definition) is 1. The van der Waals surface area contributed by atoms with Crippen LogP contribution in [-0.2, 0) is 25.8 Å². The van der Waals surface area contributed by atoms with Gasteiger partial charge in [0.2, 0.25) is 0 Å². The summed E-state index contributed by atoms with van der Waals surface area (Å²) in [6, 6.07) is 4.75. The number of carbonyl (C=O) groups excluding carboxylic acids is 1. The summed E-state index contributed by atoms with van der Waals surface area (Å²) >= 11 is 1.91. The van der Waals surface area contributed by atoms with Crippen molar-refractivity contribution < 1.29 is 13.7 Å². The molecule has 1 saturated heterocycles. The molecule has 0 unspecified atom stereocenters. The van der Waals surface area contributed by atoms with E-state index in [4.69, 9.17) is 4.52 Å². The Bertz CT molecular complexity index is 1170. The molecule has 1 fully saturated rings. The van der Waals surface area contributed by atoms with Crippen molar-refractivity contribution in [2.24, 2.45) is 0 Å². The summed E-state index contributed by atoms with van der Waals surface area (Å²) in [5.74, 6) is 0.0760. The molecule has 0 radical (unpaired) electrons. The Balaban J connectivity index is 1.19. The minimum absolute atomic E-state index is 0.0500. The van der Waals surface area contributed by atoms with Gasteiger partial charge in [0.25, 0.3) is 0 Å². The number of amides is 2. The number of benzene rings is 1. The number of urea groups is 1. The Labute approximate surface area is 204 Å². The van der Waals surface area contributed by atoms with Crippen molar-refractivity contribution in [3.63, 3.8) is 0 Å². The second-order valence-electron chi connectivity index (χ2n) is 9.34. The molecule has 2 aliphatic rings. The van der Waals surface area contributed by atoms with Crippen LogP contribution < -0.4 is 5.32 Å². The Kier molecular flexibility index (Phi) is 6.88. The van der Waals surface area contributed by atoms with Crippen LogP contribution in [0.5, 0.6) is 0 Å². The van der Waals surface area contributed by atoms with Crippen LogP contribution in [-0.4, -0.2) is 53.7 Å². The van der Waals surface area contributed by atoms with Crippen LogP contribution in [0.15, 0.2) is 22.7 Å². The van der Waals surface area contributed by atoms with Gasteiger partial charge in [0.15, 0.2) is 5.58 Å². The zero-order valence-corrected chi connectivity index (χ0v) is 20.8. The molecule has 182 valence electrons. The van der Waals surface area contributed by atoms with Gasteiger partial charge in [0.05, 0.1) is 12.2 Å². The molecule has 8 heteroatoms. The Hall–Kier alpha value is -2.45. The van der Waals surface area contributed by atoms with Gasteiger partial charge in [-0.05, 0) is 75.4 Å². The number of piperidine rings is 1. The van der Waals surface area contributed by atoms with Gasteiger partial charge >= 0.3 is 6.03 Å². The summed E-state index contributed by atoms with van der Waals surface area (Å²) in [6.07, 6.45) is 5.18. The maximum atomic E-state index is 13.5. The number of nitrogens with zero attached hydrogens (tertiary/aromatic N) is 3. The lowest BCUT2D eigenvalue weighted by atomic mass is 9.91. The van der Waals surface area contributed by atoms with Crippen LogP contribution >= 0.6 is 11.3 Å². The van der Waals surface area contributed by atoms with Crippen LogP contribution in [0, 0.1) is 5.82 Å². The normalized spacial score (nSPS) is 17.3. The summed E-state index contributed by atoms with van der Waals surface area (Å²) in [7, 11) is 0. The van der Waals surface area contributed by atoms with Gasteiger partial charge in [-0.3, -0.25) is 0 Å². The van der Waals surface area contributed by atoms with Gasteiger partial charge in [0, 0.05) is 46.8 Å². The first kappa shape index (κ1) is 23.3. The predicted octanol–water partition coefficient (Wildman–Crippen LogP) is 5.10. The van der Waals surface area contributed by atoms with Crippen molar-refractivity contribution in [2.75, 3.05) is 32.7 Å². The van der Waals surface area contributed by atoms with Crippen molar-refractivity contribution in [1.82, 2.24) is 20.3 Å². The number of hydrogen-bond acceptors (Lipinski definition) is 5. The number of fused-ring (bicyclic) bond motifs is 2. The van der Waals surface area contributed by atoms with E-state index in [0.29, 0.717) is 18.0 Å². The zero-order chi connectivity index (χ0) is 23.7. The van der Waals surface area contributed by atoms with E-state index in [1.807, 2.05) is 23.2 Å². The highest BCUT2D eigenvalue weighted by molar-refractivity contribution is 7.12.